The number of ether oxygens (including phenoxy) is 1. The molecule has 0 bridgehead atoms. The van der Waals surface area contributed by atoms with Gasteiger partial charge >= 0.3 is 0 Å². The van der Waals surface area contributed by atoms with Gasteiger partial charge in [-0.2, -0.15) is 0 Å². The third kappa shape index (κ3) is 2.64. The highest BCUT2D eigenvalue weighted by molar-refractivity contribution is 9.09. The second kappa shape index (κ2) is 4.52. The van der Waals surface area contributed by atoms with Gasteiger partial charge in [0, 0.05) is 0 Å². The fourth-order valence-electron chi connectivity index (χ4n) is 0.921. The van der Waals surface area contributed by atoms with Crippen LogP contribution in [-0.4, -0.2) is 5.52 Å². The van der Waals surface area contributed by atoms with Crippen LogP contribution < -0.4 is 0 Å². The Labute approximate surface area is 75.5 Å². The molecule has 2 heteroatoms. The Morgan fingerprint density at radius 2 is 2.09 bits per heavy atom. The van der Waals surface area contributed by atoms with Crippen LogP contribution in [0.5, 0.6) is 0 Å². The van der Waals surface area contributed by atoms with Gasteiger partial charge in [-0.3, -0.25) is 0 Å². The Balaban J connectivity index is 2.62. The highest BCUT2D eigenvalue weighted by atomic mass is 79.9. The van der Waals surface area contributed by atoms with Crippen LogP contribution in [0.25, 0.3) is 0 Å². The number of hydrogen-bond acceptors (Lipinski definition) is 1. The number of rotatable bonds is 3. The van der Waals surface area contributed by atoms with Crippen LogP contribution in [0, 0.1) is 6.92 Å². The van der Waals surface area contributed by atoms with Crippen molar-refractivity contribution in [3.8, 4) is 0 Å². The predicted octanol–water partition coefficient (Wildman–Crippen LogP) is 2.86. The fourth-order valence-corrected chi connectivity index (χ4v) is 1.08. The van der Waals surface area contributed by atoms with Crippen molar-refractivity contribution in [1.82, 2.24) is 0 Å². The molecular weight excluding hydrogens is 204 g/mol. The molecule has 0 aliphatic heterocycles. The van der Waals surface area contributed by atoms with E-state index in [0.29, 0.717) is 12.1 Å². The minimum absolute atomic E-state index is 0.599. The third-order valence-corrected chi connectivity index (χ3v) is 1.92. The summed E-state index contributed by atoms with van der Waals surface area (Å²) in [5, 5.41) is 0. The minimum atomic E-state index is 0.599. The van der Waals surface area contributed by atoms with Gasteiger partial charge in [0.25, 0.3) is 0 Å². The van der Waals surface area contributed by atoms with Crippen LogP contribution in [0.4, 0.5) is 0 Å². The zero-order chi connectivity index (χ0) is 8.10. The first-order chi connectivity index (χ1) is 5.34. The first-order valence-corrected chi connectivity index (χ1v) is 4.65. The van der Waals surface area contributed by atoms with Crippen LogP contribution >= 0.6 is 15.9 Å². The predicted molar refractivity (Wildman–Crippen MR) is 49.8 cm³/mol. The average molecular weight is 215 g/mol. The monoisotopic (exact) mass is 214 g/mol. The summed E-state index contributed by atoms with van der Waals surface area (Å²) in [5.74, 6) is 0. The second-order valence-corrected chi connectivity index (χ2v) is 2.84. The average Bonchev–Trinajstić information content (AvgIpc) is 2.03. The van der Waals surface area contributed by atoms with Crippen LogP contribution in [0.1, 0.15) is 11.1 Å². The lowest BCUT2D eigenvalue weighted by atomic mass is 10.1. The second-order valence-electron chi connectivity index (χ2n) is 2.38. The molecule has 1 rings (SSSR count). The van der Waals surface area contributed by atoms with Crippen LogP contribution in [0.3, 0.4) is 0 Å². The molecule has 0 unspecified atom stereocenters. The molecular formula is C9H11BrO. The summed E-state index contributed by atoms with van der Waals surface area (Å²) in [7, 11) is 0. The SMILES string of the molecule is Cc1ccccc1COCBr. The van der Waals surface area contributed by atoms with Crippen molar-refractivity contribution in [3.63, 3.8) is 0 Å². The lowest BCUT2D eigenvalue weighted by molar-refractivity contribution is 0.172. The molecule has 1 aromatic carbocycles. The molecule has 0 heterocycles. The number of halogens is 1. The molecule has 0 atom stereocenters. The first-order valence-electron chi connectivity index (χ1n) is 3.53. The molecule has 0 amide bonds. The van der Waals surface area contributed by atoms with Gasteiger partial charge in [-0.15, -0.1) is 0 Å². The highest BCUT2D eigenvalue weighted by Crippen LogP contribution is 2.08. The molecule has 0 aromatic heterocycles. The molecule has 0 radical (unpaired) electrons. The van der Waals surface area contributed by atoms with Gasteiger partial charge in [-0.1, -0.05) is 40.2 Å². The Kier molecular flexibility index (Phi) is 3.60. The molecule has 0 saturated heterocycles. The van der Waals surface area contributed by atoms with Crippen molar-refractivity contribution in [2.75, 3.05) is 5.52 Å². The van der Waals surface area contributed by atoms with E-state index in [1.165, 1.54) is 11.1 Å². The summed E-state index contributed by atoms with van der Waals surface area (Å²) in [6.07, 6.45) is 0. The normalized spacial score (nSPS) is 10.0. The molecule has 0 aliphatic rings. The van der Waals surface area contributed by atoms with Crippen molar-refractivity contribution in [3.05, 3.63) is 35.4 Å². The highest BCUT2D eigenvalue weighted by Gasteiger charge is 1.94. The summed E-state index contributed by atoms with van der Waals surface area (Å²) in [5.41, 5.74) is 3.14. The number of benzene rings is 1. The lowest BCUT2D eigenvalue weighted by Gasteiger charge is -2.03. The Bertz CT molecular complexity index is 223. The van der Waals surface area contributed by atoms with Gasteiger partial charge in [-0.25, -0.2) is 0 Å². The van der Waals surface area contributed by atoms with Crippen LogP contribution in [0.15, 0.2) is 24.3 Å². The van der Waals surface area contributed by atoms with Crippen molar-refractivity contribution >= 4 is 15.9 Å². The number of hydrogen-bond donors (Lipinski definition) is 0. The van der Waals surface area contributed by atoms with E-state index in [4.69, 9.17) is 4.74 Å². The van der Waals surface area contributed by atoms with E-state index in [9.17, 15) is 0 Å². The van der Waals surface area contributed by atoms with Crippen molar-refractivity contribution in [1.29, 1.82) is 0 Å². The van der Waals surface area contributed by atoms with Gasteiger partial charge in [0.05, 0.1) is 6.61 Å². The van der Waals surface area contributed by atoms with E-state index in [2.05, 4.69) is 35.0 Å². The summed E-state index contributed by atoms with van der Waals surface area (Å²) in [6.45, 7) is 2.78. The van der Waals surface area contributed by atoms with E-state index in [1.54, 1.807) is 0 Å². The quantitative estimate of drug-likeness (QED) is 0.704. The number of aryl methyl sites for hydroxylation is 1. The summed E-state index contributed by atoms with van der Waals surface area (Å²) in [4.78, 5) is 0. The van der Waals surface area contributed by atoms with Crippen molar-refractivity contribution in [2.45, 2.75) is 13.5 Å². The number of alkyl halides is 1. The molecule has 0 spiro atoms. The first kappa shape index (κ1) is 8.75. The maximum absolute atomic E-state index is 5.22. The lowest BCUT2D eigenvalue weighted by Crippen LogP contribution is -1.92. The maximum atomic E-state index is 5.22. The third-order valence-electron chi connectivity index (χ3n) is 1.60. The van der Waals surface area contributed by atoms with E-state index in [0.717, 1.165) is 0 Å². The van der Waals surface area contributed by atoms with E-state index < -0.39 is 0 Å². The van der Waals surface area contributed by atoms with Crippen molar-refractivity contribution < 1.29 is 4.74 Å². The van der Waals surface area contributed by atoms with Crippen LogP contribution in [0.2, 0.25) is 0 Å². The van der Waals surface area contributed by atoms with Crippen molar-refractivity contribution in [2.24, 2.45) is 0 Å². The Hall–Kier alpha value is -0.340. The molecule has 11 heavy (non-hydrogen) atoms. The van der Waals surface area contributed by atoms with E-state index in [1.807, 2.05) is 12.1 Å². The molecule has 1 aromatic rings. The van der Waals surface area contributed by atoms with Gasteiger partial charge in [-0.05, 0) is 18.1 Å². The summed E-state index contributed by atoms with van der Waals surface area (Å²) < 4.78 is 5.22. The largest absolute Gasteiger partial charge is 0.366 e. The van der Waals surface area contributed by atoms with Crippen LogP contribution in [-0.2, 0) is 11.3 Å². The van der Waals surface area contributed by atoms with E-state index in [-0.39, 0.29) is 0 Å². The standard InChI is InChI=1S/C9H11BrO/c1-8-4-2-3-5-9(8)6-11-7-10/h2-5H,6-7H2,1H3. The molecule has 0 saturated carbocycles. The molecule has 0 aliphatic carbocycles. The molecule has 0 N–H and O–H groups in total. The van der Waals surface area contributed by atoms with Gasteiger partial charge in [0.15, 0.2) is 0 Å². The summed E-state index contributed by atoms with van der Waals surface area (Å²) >= 11 is 3.21. The zero-order valence-corrected chi connectivity index (χ0v) is 8.10. The topological polar surface area (TPSA) is 9.23 Å². The molecule has 0 fully saturated rings. The smallest absolute Gasteiger partial charge is 0.102 e. The van der Waals surface area contributed by atoms with E-state index >= 15 is 0 Å². The Morgan fingerprint density at radius 1 is 1.36 bits per heavy atom. The molecule has 60 valence electrons. The van der Waals surface area contributed by atoms with Gasteiger partial charge in [0.1, 0.15) is 5.52 Å². The summed E-state index contributed by atoms with van der Waals surface area (Å²) in [6, 6.07) is 8.23. The van der Waals surface area contributed by atoms with Gasteiger partial charge in [0.2, 0.25) is 0 Å². The Morgan fingerprint density at radius 3 is 2.73 bits per heavy atom. The maximum Gasteiger partial charge on any atom is 0.102 e. The minimum Gasteiger partial charge on any atom is -0.366 e. The zero-order valence-electron chi connectivity index (χ0n) is 6.51. The van der Waals surface area contributed by atoms with Gasteiger partial charge < -0.3 is 4.74 Å². The fraction of sp³-hybridized carbons (Fsp3) is 0.333. The molecule has 1 nitrogen and oxygen atoms in total.